The minimum absolute atomic E-state index is 0.0383. The molecule has 0 unspecified atom stereocenters. The number of hydrogen-bond donors (Lipinski definition) is 0. The van der Waals surface area contributed by atoms with E-state index in [9.17, 15) is 9.59 Å². The van der Waals surface area contributed by atoms with Gasteiger partial charge in [0, 0.05) is 87.5 Å². The first-order valence-electron chi connectivity index (χ1n) is 15.7. The van der Waals surface area contributed by atoms with Crippen molar-refractivity contribution >= 4 is 23.5 Å². The molecule has 3 aliphatic rings. The number of piperidine rings is 1. The molecule has 9 heteroatoms. The number of aryl methyl sites for hydroxylation is 2. The van der Waals surface area contributed by atoms with Gasteiger partial charge in [0.15, 0.2) is 0 Å². The van der Waals surface area contributed by atoms with Crippen LogP contribution in [-0.2, 0) is 22.7 Å². The highest BCUT2D eigenvalue weighted by atomic mass is 16.2. The molecule has 0 radical (unpaired) electrons. The second-order valence-electron chi connectivity index (χ2n) is 12.4. The summed E-state index contributed by atoms with van der Waals surface area (Å²) >= 11 is 0. The van der Waals surface area contributed by atoms with Crippen molar-refractivity contribution in [3.8, 4) is 0 Å². The maximum Gasteiger partial charge on any atom is 0.226 e. The van der Waals surface area contributed by atoms with Crippen LogP contribution >= 0.6 is 0 Å². The van der Waals surface area contributed by atoms with E-state index in [1.54, 1.807) is 6.92 Å². The van der Waals surface area contributed by atoms with Crippen LogP contribution in [0.4, 0.5) is 11.6 Å². The fourth-order valence-electron chi connectivity index (χ4n) is 7.22. The largest absolute Gasteiger partial charge is 0.341 e. The maximum atomic E-state index is 14.4. The monoisotopic (exact) mass is 581 g/mol. The Balaban J connectivity index is 1.27. The summed E-state index contributed by atoms with van der Waals surface area (Å²) in [4.78, 5) is 50.1. The van der Waals surface area contributed by atoms with Gasteiger partial charge in [0.05, 0.1) is 5.69 Å². The lowest BCUT2D eigenvalue weighted by molar-refractivity contribution is -0.137. The zero-order chi connectivity index (χ0) is 29.9. The molecule has 5 heterocycles. The summed E-state index contributed by atoms with van der Waals surface area (Å²) in [7, 11) is 0. The van der Waals surface area contributed by atoms with E-state index in [0.717, 1.165) is 86.0 Å². The van der Waals surface area contributed by atoms with Crippen molar-refractivity contribution in [3.63, 3.8) is 0 Å². The van der Waals surface area contributed by atoms with E-state index in [-0.39, 0.29) is 23.8 Å². The summed E-state index contributed by atoms with van der Waals surface area (Å²) in [5, 5.41) is 0. The first-order chi connectivity index (χ1) is 20.9. The molecule has 2 amide bonds. The van der Waals surface area contributed by atoms with E-state index in [2.05, 4.69) is 41.8 Å². The first-order valence-corrected chi connectivity index (χ1v) is 15.7. The molecular weight excluding hydrogens is 538 g/mol. The van der Waals surface area contributed by atoms with E-state index in [1.807, 2.05) is 61.3 Å². The van der Waals surface area contributed by atoms with Gasteiger partial charge in [0.25, 0.3) is 0 Å². The standard InChI is InChI=1S/C34H43N7O2/c1-24-20-25(2)37-34(36-24)38-17-13-27(14-18-38)33(43)39-21-28-8-4-5-10-32(28)40(26(3)42)19-15-30-11-12-31(23-39)41(30)22-29-9-6-7-16-35-29/h4-10,16,20,27,30-31H,11-15,17-19,21-23H2,1-3H3/t30-,31+/m0/s1. The second-order valence-corrected chi connectivity index (χ2v) is 12.4. The minimum atomic E-state index is -0.0511. The van der Waals surface area contributed by atoms with Gasteiger partial charge in [-0.15, -0.1) is 0 Å². The highest BCUT2D eigenvalue weighted by Gasteiger charge is 2.38. The number of anilines is 2. The maximum absolute atomic E-state index is 14.4. The Morgan fingerprint density at radius 1 is 0.860 bits per heavy atom. The molecule has 3 aliphatic heterocycles. The number of hydrogen-bond acceptors (Lipinski definition) is 7. The molecule has 9 nitrogen and oxygen atoms in total. The highest BCUT2D eigenvalue weighted by Crippen LogP contribution is 2.33. The average Bonchev–Trinajstić information content (AvgIpc) is 3.36. The van der Waals surface area contributed by atoms with Gasteiger partial charge in [0.1, 0.15) is 0 Å². The number of pyridine rings is 1. The van der Waals surface area contributed by atoms with Crippen molar-refractivity contribution < 1.29 is 9.59 Å². The van der Waals surface area contributed by atoms with Crippen LogP contribution in [0.5, 0.6) is 0 Å². The summed E-state index contributed by atoms with van der Waals surface area (Å²) in [6.45, 7) is 9.76. The number of carbonyl (C=O) groups excluding carboxylic acids is 2. The molecule has 2 bridgehead atoms. The third kappa shape index (κ3) is 6.56. The summed E-state index contributed by atoms with van der Waals surface area (Å²) in [5.74, 6) is 0.964. The fraction of sp³-hybridized carbons (Fsp3) is 0.500. The van der Waals surface area contributed by atoms with E-state index < -0.39 is 0 Å². The quantitative estimate of drug-likeness (QED) is 0.448. The Bertz CT molecular complexity index is 1420. The highest BCUT2D eigenvalue weighted by molar-refractivity contribution is 5.92. The molecule has 226 valence electrons. The smallest absolute Gasteiger partial charge is 0.226 e. The van der Waals surface area contributed by atoms with Crippen molar-refractivity contribution in [3.05, 3.63) is 77.4 Å². The first kappa shape index (κ1) is 29.2. The second kappa shape index (κ2) is 12.8. The van der Waals surface area contributed by atoms with Crippen molar-refractivity contribution in [2.24, 2.45) is 5.92 Å². The van der Waals surface area contributed by atoms with Crippen LogP contribution < -0.4 is 9.80 Å². The van der Waals surface area contributed by atoms with Gasteiger partial charge in [-0.2, -0.15) is 0 Å². The van der Waals surface area contributed by atoms with Crippen LogP contribution in [0.2, 0.25) is 0 Å². The van der Waals surface area contributed by atoms with Crippen molar-refractivity contribution in [2.45, 2.75) is 78.0 Å². The number of benzene rings is 1. The van der Waals surface area contributed by atoms with Crippen molar-refractivity contribution in [2.75, 3.05) is 36.0 Å². The molecule has 6 rings (SSSR count). The van der Waals surface area contributed by atoms with Crippen molar-refractivity contribution in [1.82, 2.24) is 24.8 Å². The Kier molecular flexibility index (Phi) is 8.70. The molecule has 2 atom stereocenters. The van der Waals surface area contributed by atoms with Gasteiger partial charge in [-0.05, 0) is 75.8 Å². The fourth-order valence-corrected chi connectivity index (χ4v) is 7.22. The Hall–Kier alpha value is -3.85. The molecular formula is C34H43N7O2. The molecule has 2 saturated heterocycles. The van der Waals surface area contributed by atoms with Crippen LogP contribution in [0, 0.1) is 19.8 Å². The molecule has 2 aromatic heterocycles. The van der Waals surface area contributed by atoms with E-state index in [0.29, 0.717) is 25.7 Å². The number of para-hydroxylation sites is 1. The zero-order valence-corrected chi connectivity index (χ0v) is 25.7. The summed E-state index contributed by atoms with van der Waals surface area (Å²) in [6.07, 6.45) is 6.38. The van der Waals surface area contributed by atoms with Crippen LogP contribution in [0.1, 0.15) is 61.7 Å². The van der Waals surface area contributed by atoms with Crippen LogP contribution in [0.3, 0.4) is 0 Å². The third-order valence-corrected chi connectivity index (χ3v) is 9.39. The molecule has 3 aromatic rings. The lowest BCUT2D eigenvalue weighted by Gasteiger charge is -2.37. The predicted octanol–water partition coefficient (Wildman–Crippen LogP) is 4.52. The number of aromatic nitrogens is 3. The van der Waals surface area contributed by atoms with Gasteiger partial charge >= 0.3 is 0 Å². The van der Waals surface area contributed by atoms with Gasteiger partial charge in [-0.25, -0.2) is 9.97 Å². The third-order valence-electron chi connectivity index (χ3n) is 9.39. The Labute approximate surface area is 254 Å². The number of fused-ring (bicyclic) bond motifs is 3. The minimum Gasteiger partial charge on any atom is -0.341 e. The molecule has 0 N–H and O–H groups in total. The molecule has 2 fully saturated rings. The SMILES string of the molecule is CC(=O)N1CC[C@@H]2CC[C@H](CN(C(=O)C3CCN(c4nc(C)cc(C)n4)CC3)Cc3ccccc31)N2Cc1ccccn1. The van der Waals surface area contributed by atoms with Gasteiger partial charge in [-0.1, -0.05) is 24.3 Å². The lowest BCUT2D eigenvalue weighted by Crippen LogP contribution is -2.48. The predicted molar refractivity (Wildman–Crippen MR) is 168 cm³/mol. The Morgan fingerprint density at radius 2 is 1.58 bits per heavy atom. The lowest BCUT2D eigenvalue weighted by atomic mass is 9.94. The van der Waals surface area contributed by atoms with Crippen molar-refractivity contribution in [1.29, 1.82) is 0 Å². The number of carbonyl (C=O) groups is 2. The zero-order valence-electron chi connectivity index (χ0n) is 25.7. The molecule has 43 heavy (non-hydrogen) atoms. The normalized spacial score (nSPS) is 21.8. The van der Waals surface area contributed by atoms with Gasteiger partial charge in [0.2, 0.25) is 17.8 Å². The summed E-state index contributed by atoms with van der Waals surface area (Å²) in [6, 6.07) is 16.8. The van der Waals surface area contributed by atoms with Crippen LogP contribution in [0.15, 0.2) is 54.7 Å². The van der Waals surface area contributed by atoms with Crippen LogP contribution in [0.25, 0.3) is 0 Å². The molecule has 0 saturated carbocycles. The van der Waals surface area contributed by atoms with E-state index in [4.69, 9.17) is 0 Å². The van der Waals surface area contributed by atoms with Gasteiger partial charge in [-0.3, -0.25) is 19.5 Å². The van der Waals surface area contributed by atoms with Gasteiger partial charge < -0.3 is 14.7 Å². The number of rotatable bonds is 4. The number of amides is 2. The summed E-state index contributed by atoms with van der Waals surface area (Å²) < 4.78 is 0. The number of nitrogens with zero attached hydrogens (tertiary/aromatic N) is 7. The molecule has 0 spiro atoms. The van der Waals surface area contributed by atoms with E-state index in [1.165, 1.54) is 0 Å². The van der Waals surface area contributed by atoms with Crippen LogP contribution in [-0.4, -0.2) is 74.8 Å². The average molecular weight is 582 g/mol. The molecule has 0 aliphatic carbocycles. The Morgan fingerprint density at radius 3 is 2.30 bits per heavy atom. The topological polar surface area (TPSA) is 85.8 Å². The summed E-state index contributed by atoms with van der Waals surface area (Å²) in [5.41, 5.74) is 4.92. The van der Waals surface area contributed by atoms with E-state index >= 15 is 0 Å². The molecule has 1 aromatic carbocycles.